The summed E-state index contributed by atoms with van der Waals surface area (Å²) in [6.07, 6.45) is 2.20. The number of nitrogens with zero attached hydrogens (tertiary/aromatic N) is 2. The molecule has 0 spiro atoms. The molecule has 0 bridgehead atoms. The van der Waals surface area contributed by atoms with E-state index in [0.29, 0.717) is 18.4 Å². The van der Waals surface area contributed by atoms with Crippen LogP contribution in [0.1, 0.15) is 30.4 Å². The highest BCUT2D eigenvalue weighted by atomic mass is 16.2. The Morgan fingerprint density at radius 3 is 3.00 bits per heavy atom. The van der Waals surface area contributed by atoms with E-state index in [4.69, 9.17) is 5.26 Å². The Hall–Kier alpha value is -1.82. The van der Waals surface area contributed by atoms with Gasteiger partial charge in [-0.1, -0.05) is 24.3 Å². The maximum atomic E-state index is 12.5. The quantitative estimate of drug-likeness (QED) is 0.777. The van der Waals surface area contributed by atoms with Crippen molar-refractivity contribution in [3.05, 3.63) is 35.4 Å². The zero-order valence-corrected chi connectivity index (χ0v) is 11.2. The number of nitriles is 1. The second-order valence-corrected chi connectivity index (χ2v) is 5.46. The van der Waals surface area contributed by atoms with Crippen LogP contribution in [0.4, 0.5) is 0 Å². The number of fused-ring (bicyclic) bond motifs is 3. The molecule has 0 heterocycles. The first-order valence-electron chi connectivity index (χ1n) is 7.01. The highest BCUT2D eigenvalue weighted by molar-refractivity contribution is 5.84. The summed E-state index contributed by atoms with van der Waals surface area (Å²) in [7, 11) is 0. The molecule has 2 aliphatic carbocycles. The third kappa shape index (κ3) is 1.92. The lowest BCUT2D eigenvalue weighted by Gasteiger charge is -2.17. The van der Waals surface area contributed by atoms with Gasteiger partial charge in [-0.05, 0) is 42.7 Å². The summed E-state index contributed by atoms with van der Waals surface area (Å²) < 4.78 is 0. The van der Waals surface area contributed by atoms with Crippen LogP contribution in [-0.2, 0) is 11.2 Å². The van der Waals surface area contributed by atoms with Crippen molar-refractivity contribution in [3.8, 4) is 6.07 Å². The number of hydrogen-bond acceptors (Lipinski definition) is 2. The highest BCUT2D eigenvalue weighted by Crippen LogP contribution is 2.60. The van der Waals surface area contributed by atoms with E-state index in [1.165, 1.54) is 11.1 Å². The molecule has 1 fully saturated rings. The normalized spacial score (nSPS) is 26.8. The maximum Gasteiger partial charge on any atom is 0.227 e. The number of aryl methyl sites for hydroxylation is 1. The lowest BCUT2D eigenvalue weighted by Crippen LogP contribution is -2.33. The van der Waals surface area contributed by atoms with E-state index in [2.05, 4.69) is 30.3 Å². The van der Waals surface area contributed by atoms with Crippen LogP contribution in [0.5, 0.6) is 0 Å². The number of benzene rings is 1. The first kappa shape index (κ1) is 12.2. The molecule has 0 saturated heterocycles. The minimum absolute atomic E-state index is 0.122. The summed E-state index contributed by atoms with van der Waals surface area (Å²) in [4.78, 5) is 14.2. The van der Waals surface area contributed by atoms with Crippen molar-refractivity contribution < 1.29 is 4.79 Å². The summed E-state index contributed by atoms with van der Waals surface area (Å²) in [5, 5.41) is 8.79. The van der Waals surface area contributed by atoms with Gasteiger partial charge in [0.1, 0.15) is 6.54 Å². The fourth-order valence-electron chi connectivity index (χ4n) is 3.54. The van der Waals surface area contributed by atoms with Crippen LogP contribution >= 0.6 is 0 Å². The Kier molecular flexibility index (Phi) is 3.02. The molecule has 0 aliphatic heterocycles. The van der Waals surface area contributed by atoms with Crippen LogP contribution in [0, 0.1) is 23.2 Å². The molecule has 0 aromatic heterocycles. The van der Waals surface area contributed by atoms with Crippen molar-refractivity contribution in [2.75, 3.05) is 13.1 Å². The average molecular weight is 254 g/mol. The van der Waals surface area contributed by atoms with Crippen molar-refractivity contribution in [3.63, 3.8) is 0 Å². The molecule has 3 unspecified atom stereocenters. The lowest BCUT2D eigenvalue weighted by atomic mass is 9.92. The van der Waals surface area contributed by atoms with Crippen LogP contribution in [0.3, 0.4) is 0 Å². The van der Waals surface area contributed by atoms with E-state index in [1.54, 1.807) is 4.90 Å². The Morgan fingerprint density at radius 2 is 2.26 bits per heavy atom. The molecule has 1 aromatic rings. The Balaban J connectivity index is 1.81. The van der Waals surface area contributed by atoms with E-state index in [1.807, 2.05) is 6.92 Å². The van der Waals surface area contributed by atoms with Gasteiger partial charge in [0.15, 0.2) is 0 Å². The fourth-order valence-corrected chi connectivity index (χ4v) is 3.54. The maximum absolute atomic E-state index is 12.5. The molecule has 3 rings (SSSR count). The van der Waals surface area contributed by atoms with E-state index < -0.39 is 0 Å². The van der Waals surface area contributed by atoms with Gasteiger partial charge in [0.2, 0.25) is 5.91 Å². The van der Waals surface area contributed by atoms with Gasteiger partial charge in [-0.2, -0.15) is 5.26 Å². The smallest absolute Gasteiger partial charge is 0.227 e. The van der Waals surface area contributed by atoms with Gasteiger partial charge in [-0.25, -0.2) is 0 Å². The summed E-state index contributed by atoms with van der Waals surface area (Å²) in [6.45, 7) is 2.78. The van der Waals surface area contributed by atoms with Gasteiger partial charge in [0.25, 0.3) is 0 Å². The van der Waals surface area contributed by atoms with Crippen LogP contribution in [0.25, 0.3) is 0 Å². The molecule has 0 N–H and O–H groups in total. The first-order valence-corrected chi connectivity index (χ1v) is 7.01. The average Bonchev–Trinajstić information content (AvgIpc) is 3.19. The third-order valence-electron chi connectivity index (χ3n) is 4.57. The van der Waals surface area contributed by atoms with Gasteiger partial charge in [0.05, 0.1) is 6.07 Å². The van der Waals surface area contributed by atoms with Crippen LogP contribution in [0.2, 0.25) is 0 Å². The molecule has 0 radical (unpaired) electrons. The van der Waals surface area contributed by atoms with E-state index in [0.717, 1.165) is 12.8 Å². The van der Waals surface area contributed by atoms with Crippen molar-refractivity contribution >= 4 is 5.91 Å². The monoisotopic (exact) mass is 254 g/mol. The molecular weight excluding hydrogens is 236 g/mol. The predicted octanol–water partition coefficient (Wildman–Crippen LogP) is 2.33. The van der Waals surface area contributed by atoms with E-state index in [-0.39, 0.29) is 18.4 Å². The minimum Gasteiger partial charge on any atom is -0.329 e. The highest BCUT2D eigenvalue weighted by Gasteiger charge is 2.57. The number of rotatable bonds is 3. The van der Waals surface area contributed by atoms with E-state index >= 15 is 0 Å². The molecule has 3 nitrogen and oxygen atoms in total. The zero-order chi connectivity index (χ0) is 13.4. The van der Waals surface area contributed by atoms with Crippen LogP contribution in [-0.4, -0.2) is 23.9 Å². The van der Waals surface area contributed by atoms with Crippen molar-refractivity contribution in [2.45, 2.75) is 25.7 Å². The van der Waals surface area contributed by atoms with Gasteiger partial charge in [0, 0.05) is 12.5 Å². The molecule has 19 heavy (non-hydrogen) atoms. The Morgan fingerprint density at radius 1 is 1.47 bits per heavy atom. The van der Waals surface area contributed by atoms with Crippen molar-refractivity contribution in [1.29, 1.82) is 5.26 Å². The van der Waals surface area contributed by atoms with Gasteiger partial charge >= 0.3 is 0 Å². The standard InChI is InChI=1S/C16H18N2O/c1-2-18(10-9-17)16(19)15-13-8-7-11-5-3-4-6-12(11)14(13)15/h3-6,13-15H,2,7-8,10H2,1H3. The van der Waals surface area contributed by atoms with Crippen molar-refractivity contribution in [2.24, 2.45) is 11.8 Å². The SMILES string of the molecule is CCN(CC#N)C(=O)C1C2CCc3ccccc3C21. The summed E-state index contributed by atoms with van der Waals surface area (Å²) >= 11 is 0. The minimum atomic E-state index is 0.122. The Labute approximate surface area is 113 Å². The zero-order valence-electron chi connectivity index (χ0n) is 11.2. The molecule has 3 heteroatoms. The number of carbonyl (C=O) groups excluding carboxylic acids is 1. The van der Waals surface area contributed by atoms with Crippen molar-refractivity contribution in [1.82, 2.24) is 4.90 Å². The van der Waals surface area contributed by atoms with Crippen LogP contribution in [0.15, 0.2) is 24.3 Å². The molecule has 1 aromatic carbocycles. The molecular formula is C16H18N2O. The Bertz CT molecular complexity index is 546. The second-order valence-electron chi connectivity index (χ2n) is 5.46. The van der Waals surface area contributed by atoms with E-state index in [9.17, 15) is 4.79 Å². The summed E-state index contributed by atoms with van der Waals surface area (Å²) in [5.74, 6) is 1.22. The second kappa shape index (κ2) is 4.70. The molecule has 2 aliphatic rings. The topological polar surface area (TPSA) is 44.1 Å². The summed E-state index contributed by atoms with van der Waals surface area (Å²) in [6, 6.07) is 10.6. The van der Waals surface area contributed by atoms with Gasteiger partial charge in [-0.15, -0.1) is 0 Å². The fraction of sp³-hybridized carbons (Fsp3) is 0.500. The molecule has 1 saturated carbocycles. The molecule has 1 amide bonds. The van der Waals surface area contributed by atoms with Gasteiger partial charge in [-0.3, -0.25) is 4.79 Å². The predicted molar refractivity (Wildman–Crippen MR) is 72.4 cm³/mol. The molecule has 98 valence electrons. The largest absolute Gasteiger partial charge is 0.329 e. The number of hydrogen-bond donors (Lipinski definition) is 0. The number of amides is 1. The number of carbonyl (C=O) groups is 1. The lowest BCUT2D eigenvalue weighted by molar-refractivity contribution is -0.132. The summed E-state index contributed by atoms with van der Waals surface area (Å²) in [5.41, 5.74) is 2.77. The van der Waals surface area contributed by atoms with Crippen LogP contribution < -0.4 is 0 Å². The first-order chi connectivity index (χ1) is 9.27. The van der Waals surface area contributed by atoms with Gasteiger partial charge < -0.3 is 4.90 Å². The molecule has 3 atom stereocenters. The third-order valence-corrected chi connectivity index (χ3v) is 4.57.